The first-order valence-electron chi connectivity index (χ1n) is 7.67. The van der Waals surface area contributed by atoms with Crippen LogP contribution in [-0.2, 0) is 4.74 Å². The van der Waals surface area contributed by atoms with Crippen molar-refractivity contribution in [2.24, 2.45) is 0 Å². The summed E-state index contributed by atoms with van der Waals surface area (Å²) in [4.78, 5) is 13.1. The molecule has 1 unspecified atom stereocenters. The molecule has 3 aromatic rings. The predicted octanol–water partition coefficient (Wildman–Crippen LogP) is 3.54. The number of hydrogen-bond acceptors (Lipinski definition) is 6. The molecule has 24 heavy (non-hydrogen) atoms. The summed E-state index contributed by atoms with van der Waals surface area (Å²) in [6.45, 7) is 0.748. The minimum Gasteiger partial charge on any atom is -0.497 e. The van der Waals surface area contributed by atoms with Crippen LogP contribution in [0.4, 0.5) is 11.5 Å². The van der Waals surface area contributed by atoms with Gasteiger partial charge in [0.1, 0.15) is 12.0 Å². The maximum Gasteiger partial charge on any atom is 0.226 e. The SMILES string of the molecule is COc1cccc(Nc2nc(Cl)nc3c2ncn3C2CCCO2)c1. The molecule has 1 aliphatic heterocycles. The number of halogens is 1. The molecule has 1 fully saturated rings. The van der Waals surface area contributed by atoms with Crippen LogP contribution in [0.3, 0.4) is 0 Å². The van der Waals surface area contributed by atoms with Gasteiger partial charge >= 0.3 is 0 Å². The molecule has 0 spiro atoms. The fraction of sp³-hybridized carbons (Fsp3) is 0.312. The van der Waals surface area contributed by atoms with Crippen LogP contribution >= 0.6 is 11.6 Å². The van der Waals surface area contributed by atoms with Gasteiger partial charge in [0.25, 0.3) is 0 Å². The molecule has 1 aliphatic rings. The zero-order valence-electron chi connectivity index (χ0n) is 13.1. The maximum absolute atomic E-state index is 6.12. The second kappa shape index (κ2) is 6.26. The Hall–Kier alpha value is -2.38. The van der Waals surface area contributed by atoms with Gasteiger partial charge in [-0.05, 0) is 36.6 Å². The Labute approximate surface area is 143 Å². The number of fused-ring (bicyclic) bond motifs is 1. The second-order valence-corrected chi connectivity index (χ2v) is 5.83. The van der Waals surface area contributed by atoms with Crippen molar-refractivity contribution < 1.29 is 9.47 Å². The maximum atomic E-state index is 6.12. The summed E-state index contributed by atoms with van der Waals surface area (Å²) in [5.41, 5.74) is 2.14. The summed E-state index contributed by atoms with van der Waals surface area (Å²) < 4.78 is 12.9. The van der Waals surface area contributed by atoms with Crippen molar-refractivity contribution in [3.63, 3.8) is 0 Å². The van der Waals surface area contributed by atoms with Crippen molar-refractivity contribution in [1.82, 2.24) is 19.5 Å². The Morgan fingerprint density at radius 2 is 2.29 bits per heavy atom. The van der Waals surface area contributed by atoms with Crippen molar-refractivity contribution in [1.29, 1.82) is 0 Å². The molecule has 3 heterocycles. The fourth-order valence-corrected chi connectivity index (χ4v) is 2.97. The molecular weight excluding hydrogens is 330 g/mol. The number of benzene rings is 1. The molecule has 0 bridgehead atoms. The van der Waals surface area contributed by atoms with E-state index in [1.807, 2.05) is 28.8 Å². The lowest BCUT2D eigenvalue weighted by molar-refractivity contribution is 0.0593. The number of rotatable bonds is 4. The lowest BCUT2D eigenvalue weighted by Crippen LogP contribution is -2.07. The topological polar surface area (TPSA) is 74.1 Å². The molecule has 124 valence electrons. The van der Waals surface area contributed by atoms with Crippen LogP contribution in [0, 0.1) is 0 Å². The average Bonchev–Trinajstić information content (AvgIpc) is 3.24. The molecule has 1 atom stereocenters. The zero-order valence-corrected chi connectivity index (χ0v) is 13.8. The molecular formula is C16H16ClN5O2. The fourth-order valence-electron chi connectivity index (χ4n) is 2.81. The molecule has 4 rings (SSSR count). The van der Waals surface area contributed by atoms with E-state index in [0.29, 0.717) is 17.0 Å². The molecule has 1 N–H and O–H groups in total. The lowest BCUT2D eigenvalue weighted by Gasteiger charge is -2.12. The Balaban J connectivity index is 1.74. The van der Waals surface area contributed by atoms with Gasteiger partial charge in [-0.3, -0.25) is 4.57 Å². The molecule has 0 saturated carbocycles. The van der Waals surface area contributed by atoms with Crippen LogP contribution in [0.1, 0.15) is 19.1 Å². The highest BCUT2D eigenvalue weighted by Gasteiger charge is 2.22. The van der Waals surface area contributed by atoms with Gasteiger partial charge in [0, 0.05) is 18.4 Å². The largest absolute Gasteiger partial charge is 0.497 e. The van der Waals surface area contributed by atoms with E-state index < -0.39 is 0 Å². The van der Waals surface area contributed by atoms with Crippen molar-refractivity contribution in [3.8, 4) is 5.75 Å². The summed E-state index contributed by atoms with van der Waals surface area (Å²) in [6.07, 6.45) is 3.64. The van der Waals surface area contributed by atoms with Gasteiger partial charge in [0.2, 0.25) is 5.28 Å². The van der Waals surface area contributed by atoms with E-state index in [4.69, 9.17) is 21.1 Å². The van der Waals surface area contributed by atoms with Gasteiger partial charge < -0.3 is 14.8 Å². The third kappa shape index (κ3) is 2.76. The Bertz CT molecular complexity index is 876. The third-order valence-electron chi connectivity index (χ3n) is 3.94. The van der Waals surface area contributed by atoms with E-state index in [9.17, 15) is 0 Å². The first-order valence-corrected chi connectivity index (χ1v) is 8.05. The van der Waals surface area contributed by atoms with E-state index in [0.717, 1.165) is 30.9 Å². The van der Waals surface area contributed by atoms with Crippen molar-refractivity contribution >= 4 is 34.3 Å². The normalized spacial score (nSPS) is 17.3. The van der Waals surface area contributed by atoms with E-state index in [1.54, 1.807) is 13.4 Å². The Kier molecular flexibility index (Phi) is 3.95. The Morgan fingerprint density at radius 1 is 1.38 bits per heavy atom. The van der Waals surface area contributed by atoms with Gasteiger partial charge in [-0.15, -0.1) is 0 Å². The zero-order chi connectivity index (χ0) is 16.5. The third-order valence-corrected chi connectivity index (χ3v) is 4.11. The van der Waals surface area contributed by atoms with Gasteiger partial charge in [0.05, 0.1) is 13.4 Å². The molecule has 1 saturated heterocycles. The average molecular weight is 346 g/mol. The monoisotopic (exact) mass is 345 g/mol. The number of aromatic nitrogens is 4. The smallest absolute Gasteiger partial charge is 0.226 e. The van der Waals surface area contributed by atoms with Crippen LogP contribution in [-0.4, -0.2) is 33.2 Å². The highest BCUT2D eigenvalue weighted by molar-refractivity contribution is 6.28. The van der Waals surface area contributed by atoms with Crippen LogP contribution < -0.4 is 10.1 Å². The summed E-state index contributed by atoms with van der Waals surface area (Å²) in [5.74, 6) is 1.30. The van der Waals surface area contributed by atoms with Gasteiger partial charge in [-0.1, -0.05) is 6.07 Å². The molecule has 0 radical (unpaired) electrons. The predicted molar refractivity (Wildman–Crippen MR) is 90.8 cm³/mol. The van der Waals surface area contributed by atoms with E-state index in [-0.39, 0.29) is 11.5 Å². The first-order chi connectivity index (χ1) is 11.7. The lowest BCUT2D eigenvalue weighted by atomic mass is 10.3. The highest BCUT2D eigenvalue weighted by Crippen LogP contribution is 2.30. The number of methoxy groups -OCH3 is 1. The van der Waals surface area contributed by atoms with E-state index in [2.05, 4.69) is 20.3 Å². The second-order valence-electron chi connectivity index (χ2n) is 5.49. The van der Waals surface area contributed by atoms with Gasteiger partial charge in [0.15, 0.2) is 17.0 Å². The molecule has 1 aromatic carbocycles. The number of hydrogen-bond donors (Lipinski definition) is 1. The first kappa shape index (κ1) is 15.2. The molecule has 8 heteroatoms. The quantitative estimate of drug-likeness (QED) is 0.729. The molecule has 7 nitrogen and oxygen atoms in total. The van der Waals surface area contributed by atoms with Crippen molar-refractivity contribution in [3.05, 3.63) is 35.9 Å². The van der Waals surface area contributed by atoms with Crippen LogP contribution in [0.2, 0.25) is 5.28 Å². The van der Waals surface area contributed by atoms with Gasteiger partial charge in [-0.2, -0.15) is 9.97 Å². The van der Waals surface area contributed by atoms with Crippen molar-refractivity contribution in [2.45, 2.75) is 19.1 Å². The van der Waals surface area contributed by atoms with E-state index in [1.165, 1.54) is 0 Å². The molecule has 2 aromatic heterocycles. The van der Waals surface area contributed by atoms with Gasteiger partial charge in [-0.25, -0.2) is 4.98 Å². The summed E-state index contributed by atoms with van der Waals surface area (Å²) >= 11 is 6.12. The summed E-state index contributed by atoms with van der Waals surface area (Å²) in [7, 11) is 1.63. The standard InChI is InChI=1S/C16H16ClN5O2/c1-23-11-5-2-4-10(8-11)19-14-13-15(21-16(17)20-14)22(9-18-13)12-6-3-7-24-12/h2,4-5,8-9,12H,3,6-7H2,1H3,(H,19,20,21). The molecule has 0 aliphatic carbocycles. The minimum absolute atomic E-state index is 0.0503. The van der Waals surface area contributed by atoms with Crippen molar-refractivity contribution in [2.75, 3.05) is 19.0 Å². The minimum atomic E-state index is -0.0503. The number of imidazole rings is 1. The number of nitrogens with one attached hydrogen (secondary N) is 1. The summed E-state index contributed by atoms with van der Waals surface area (Å²) in [6, 6.07) is 7.56. The molecule has 0 amide bonds. The number of anilines is 2. The van der Waals surface area contributed by atoms with E-state index >= 15 is 0 Å². The summed E-state index contributed by atoms with van der Waals surface area (Å²) in [5, 5.41) is 3.39. The highest BCUT2D eigenvalue weighted by atomic mass is 35.5. The Morgan fingerprint density at radius 3 is 3.08 bits per heavy atom. The van der Waals surface area contributed by atoms with Crippen LogP contribution in [0.15, 0.2) is 30.6 Å². The number of nitrogens with zero attached hydrogens (tertiary/aromatic N) is 4. The van der Waals surface area contributed by atoms with Crippen LogP contribution in [0.5, 0.6) is 5.75 Å². The number of ether oxygens (including phenoxy) is 2. The van der Waals surface area contributed by atoms with Crippen LogP contribution in [0.25, 0.3) is 11.2 Å².